The van der Waals surface area contributed by atoms with Crippen molar-refractivity contribution in [3.8, 4) is 0 Å². The molecule has 3 N–H and O–H groups in total. The second kappa shape index (κ2) is 4.10. The first-order valence-electron chi connectivity index (χ1n) is 5.83. The fraction of sp³-hybridized carbons (Fsp3) is 0.727. The van der Waals surface area contributed by atoms with Gasteiger partial charge < -0.3 is 10.6 Å². The van der Waals surface area contributed by atoms with E-state index in [1.165, 1.54) is 0 Å². The molecule has 17 heavy (non-hydrogen) atoms. The second-order valence-corrected chi connectivity index (χ2v) is 5.06. The Kier molecular flexibility index (Phi) is 2.91. The fourth-order valence-corrected chi connectivity index (χ4v) is 2.01. The Labute approximate surface area is 101 Å². The van der Waals surface area contributed by atoms with Crippen LogP contribution in [0.1, 0.15) is 31.4 Å². The van der Waals surface area contributed by atoms with E-state index in [-0.39, 0.29) is 5.91 Å². The summed E-state index contributed by atoms with van der Waals surface area (Å²) in [5.41, 5.74) is 5.34. The van der Waals surface area contributed by atoms with Crippen molar-refractivity contribution in [3.63, 3.8) is 0 Å². The van der Waals surface area contributed by atoms with E-state index >= 15 is 0 Å². The maximum absolute atomic E-state index is 12.2. The number of nitrogens with two attached hydrogens (primary N) is 1. The molecule has 1 aromatic heterocycles. The van der Waals surface area contributed by atoms with Crippen molar-refractivity contribution in [2.45, 2.75) is 38.8 Å². The fourth-order valence-electron chi connectivity index (χ4n) is 2.01. The van der Waals surface area contributed by atoms with E-state index in [2.05, 4.69) is 15.2 Å². The van der Waals surface area contributed by atoms with Gasteiger partial charge in [-0.3, -0.25) is 9.89 Å². The normalized spacial score (nSPS) is 18.8. The lowest BCUT2D eigenvalue weighted by molar-refractivity contribution is -0.136. The van der Waals surface area contributed by atoms with Crippen LogP contribution in [0.5, 0.6) is 0 Å². The molecule has 1 unspecified atom stereocenters. The Morgan fingerprint density at radius 3 is 2.76 bits per heavy atom. The first-order chi connectivity index (χ1) is 7.91. The van der Waals surface area contributed by atoms with Gasteiger partial charge in [-0.1, -0.05) is 0 Å². The lowest BCUT2D eigenvalue weighted by Crippen LogP contribution is -2.53. The van der Waals surface area contributed by atoms with Crippen LogP contribution in [0.3, 0.4) is 0 Å². The SMILES string of the molecule is Cc1nc(CN(C)C(=O)C(C)(N)C2CC2)n[nH]1. The van der Waals surface area contributed by atoms with Gasteiger partial charge in [-0.05, 0) is 32.6 Å². The molecule has 0 saturated heterocycles. The number of aromatic nitrogens is 3. The Bertz CT molecular complexity index is 421. The van der Waals surface area contributed by atoms with Crippen molar-refractivity contribution in [2.75, 3.05) is 7.05 Å². The average Bonchev–Trinajstić information content (AvgIpc) is 3.03. The van der Waals surface area contributed by atoms with Crippen LogP contribution in [-0.4, -0.2) is 38.6 Å². The Hall–Kier alpha value is -1.43. The molecule has 0 spiro atoms. The predicted octanol–water partition coefficient (Wildman–Crippen LogP) is 0.199. The highest BCUT2D eigenvalue weighted by atomic mass is 16.2. The minimum Gasteiger partial charge on any atom is -0.337 e. The molecular formula is C11H19N5O. The standard InChI is InChI=1S/C11H19N5O/c1-7-13-9(15-14-7)6-16(3)10(17)11(2,12)8-4-5-8/h8H,4-6,12H2,1-3H3,(H,13,14,15). The maximum atomic E-state index is 12.2. The molecule has 6 heteroatoms. The number of aromatic amines is 1. The molecule has 1 amide bonds. The van der Waals surface area contributed by atoms with Gasteiger partial charge in [0.15, 0.2) is 5.82 Å². The second-order valence-electron chi connectivity index (χ2n) is 5.06. The van der Waals surface area contributed by atoms with Gasteiger partial charge in [0.05, 0.1) is 12.1 Å². The number of H-pyrrole nitrogens is 1. The molecule has 2 rings (SSSR count). The monoisotopic (exact) mass is 237 g/mol. The zero-order valence-electron chi connectivity index (χ0n) is 10.5. The van der Waals surface area contributed by atoms with Crippen molar-refractivity contribution < 1.29 is 4.79 Å². The molecule has 1 aromatic rings. The van der Waals surface area contributed by atoms with E-state index in [0.717, 1.165) is 18.7 Å². The third-order valence-electron chi connectivity index (χ3n) is 3.26. The van der Waals surface area contributed by atoms with Gasteiger partial charge >= 0.3 is 0 Å². The number of hydrogen-bond acceptors (Lipinski definition) is 4. The molecule has 0 aromatic carbocycles. The van der Waals surface area contributed by atoms with Crippen molar-refractivity contribution in [1.29, 1.82) is 0 Å². The lowest BCUT2D eigenvalue weighted by atomic mass is 9.95. The van der Waals surface area contributed by atoms with Crippen LogP contribution >= 0.6 is 0 Å². The highest BCUT2D eigenvalue weighted by Gasteiger charge is 2.45. The number of hydrogen-bond donors (Lipinski definition) is 2. The van der Waals surface area contributed by atoms with E-state index in [0.29, 0.717) is 18.3 Å². The minimum atomic E-state index is -0.750. The van der Waals surface area contributed by atoms with E-state index in [9.17, 15) is 4.79 Å². The summed E-state index contributed by atoms with van der Waals surface area (Å²) in [5, 5.41) is 6.77. The van der Waals surface area contributed by atoms with Crippen molar-refractivity contribution in [3.05, 3.63) is 11.6 Å². The van der Waals surface area contributed by atoms with Gasteiger partial charge in [0.1, 0.15) is 5.82 Å². The molecule has 1 aliphatic carbocycles. The van der Waals surface area contributed by atoms with Crippen LogP contribution in [0.15, 0.2) is 0 Å². The number of carbonyl (C=O) groups excluding carboxylic acids is 1. The van der Waals surface area contributed by atoms with Gasteiger partial charge in [0, 0.05) is 7.05 Å². The van der Waals surface area contributed by atoms with Crippen molar-refractivity contribution in [2.24, 2.45) is 11.7 Å². The number of likely N-dealkylation sites (N-methyl/N-ethyl adjacent to an activating group) is 1. The highest BCUT2D eigenvalue weighted by Crippen LogP contribution is 2.38. The van der Waals surface area contributed by atoms with Gasteiger partial charge in [0.2, 0.25) is 5.91 Å². The third-order valence-corrected chi connectivity index (χ3v) is 3.26. The van der Waals surface area contributed by atoms with Gasteiger partial charge in [-0.25, -0.2) is 4.98 Å². The van der Waals surface area contributed by atoms with Gasteiger partial charge in [0.25, 0.3) is 0 Å². The number of nitrogens with zero attached hydrogens (tertiary/aromatic N) is 3. The molecule has 1 atom stereocenters. The summed E-state index contributed by atoms with van der Waals surface area (Å²) in [6.45, 7) is 4.03. The van der Waals surface area contributed by atoms with Crippen LogP contribution < -0.4 is 5.73 Å². The summed E-state index contributed by atoms with van der Waals surface area (Å²) in [5.74, 6) is 1.65. The van der Waals surface area contributed by atoms with Gasteiger partial charge in [-0.15, -0.1) is 0 Å². The number of aryl methyl sites for hydroxylation is 1. The Morgan fingerprint density at radius 1 is 1.65 bits per heavy atom. The summed E-state index contributed by atoms with van der Waals surface area (Å²) in [6, 6.07) is 0. The summed E-state index contributed by atoms with van der Waals surface area (Å²) < 4.78 is 0. The topological polar surface area (TPSA) is 87.9 Å². The van der Waals surface area contributed by atoms with Crippen LogP contribution in [0.4, 0.5) is 0 Å². The maximum Gasteiger partial charge on any atom is 0.242 e. The van der Waals surface area contributed by atoms with Crippen LogP contribution in [0, 0.1) is 12.8 Å². The summed E-state index contributed by atoms with van der Waals surface area (Å²) in [7, 11) is 1.74. The highest BCUT2D eigenvalue weighted by molar-refractivity contribution is 5.86. The van der Waals surface area contributed by atoms with Gasteiger partial charge in [-0.2, -0.15) is 5.10 Å². The van der Waals surface area contributed by atoms with Crippen molar-refractivity contribution >= 4 is 5.91 Å². The van der Waals surface area contributed by atoms with E-state index < -0.39 is 5.54 Å². The van der Waals surface area contributed by atoms with Crippen LogP contribution in [-0.2, 0) is 11.3 Å². The third kappa shape index (κ3) is 2.46. The van der Waals surface area contributed by atoms with E-state index in [1.807, 2.05) is 13.8 Å². The zero-order chi connectivity index (χ0) is 12.6. The number of carbonyl (C=O) groups is 1. The largest absolute Gasteiger partial charge is 0.337 e. The molecule has 0 bridgehead atoms. The van der Waals surface area contributed by atoms with E-state index in [1.54, 1.807) is 11.9 Å². The summed E-state index contributed by atoms with van der Waals surface area (Å²) in [4.78, 5) is 18.0. The molecule has 1 saturated carbocycles. The summed E-state index contributed by atoms with van der Waals surface area (Å²) >= 11 is 0. The summed E-state index contributed by atoms with van der Waals surface area (Å²) in [6.07, 6.45) is 2.10. The number of amides is 1. The first-order valence-corrected chi connectivity index (χ1v) is 5.83. The predicted molar refractivity (Wildman–Crippen MR) is 62.9 cm³/mol. The molecule has 1 fully saturated rings. The molecule has 0 radical (unpaired) electrons. The smallest absolute Gasteiger partial charge is 0.242 e. The van der Waals surface area contributed by atoms with E-state index in [4.69, 9.17) is 5.73 Å². The molecule has 1 heterocycles. The molecular weight excluding hydrogens is 218 g/mol. The molecule has 94 valence electrons. The van der Waals surface area contributed by atoms with Crippen molar-refractivity contribution in [1.82, 2.24) is 20.1 Å². The van der Waals surface area contributed by atoms with Crippen LogP contribution in [0.25, 0.3) is 0 Å². The minimum absolute atomic E-state index is 0.0394. The molecule has 0 aliphatic heterocycles. The molecule has 1 aliphatic rings. The number of rotatable bonds is 4. The van der Waals surface area contributed by atoms with Crippen LogP contribution in [0.2, 0.25) is 0 Å². The quantitative estimate of drug-likeness (QED) is 0.783. The Morgan fingerprint density at radius 2 is 2.29 bits per heavy atom. The molecule has 6 nitrogen and oxygen atoms in total. The zero-order valence-corrected chi connectivity index (χ0v) is 10.5. The first kappa shape index (κ1) is 12.0. The number of nitrogens with one attached hydrogen (secondary N) is 1. The lowest BCUT2D eigenvalue weighted by Gasteiger charge is -2.28. The Balaban J connectivity index is 1.99. The average molecular weight is 237 g/mol.